The van der Waals surface area contributed by atoms with Gasteiger partial charge in [0.2, 0.25) is 0 Å². The molecule has 0 saturated heterocycles. The minimum Gasteiger partial charge on any atom is -0.464 e. The first-order valence-corrected chi connectivity index (χ1v) is 5.46. The lowest BCUT2D eigenvalue weighted by Crippen LogP contribution is -2.04. The van der Waals surface area contributed by atoms with E-state index in [9.17, 15) is 9.18 Å². The SMILES string of the molecule is COC(=O)c1ccc(Nc2cc(F)ccc2N)cn1. The highest BCUT2D eigenvalue weighted by Gasteiger charge is 2.07. The van der Waals surface area contributed by atoms with Crippen molar-refractivity contribution in [2.24, 2.45) is 0 Å². The Kier molecular flexibility index (Phi) is 3.61. The van der Waals surface area contributed by atoms with Crippen LogP contribution >= 0.6 is 0 Å². The number of methoxy groups -OCH3 is 1. The van der Waals surface area contributed by atoms with Gasteiger partial charge >= 0.3 is 5.97 Å². The molecule has 0 unspecified atom stereocenters. The minimum atomic E-state index is -0.517. The normalized spacial score (nSPS) is 10.0. The quantitative estimate of drug-likeness (QED) is 0.655. The second-order valence-corrected chi connectivity index (χ2v) is 3.78. The third-order valence-corrected chi connectivity index (χ3v) is 2.45. The molecule has 3 N–H and O–H groups in total. The van der Waals surface area contributed by atoms with Crippen molar-refractivity contribution in [1.82, 2.24) is 4.98 Å². The summed E-state index contributed by atoms with van der Waals surface area (Å²) in [7, 11) is 1.28. The van der Waals surface area contributed by atoms with Crippen molar-refractivity contribution in [2.75, 3.05) is 18.2 Å². The van der Waals surface area contributed by atoms with Crippen LogP contribution in [0.3, 0.4) is 0 Å². The lowest BCUT2D eigenvalue weighted by Gasteiger charge is -2.09. The number of carbonyl (C=O) groups is 1. The van der Waals surface area contributed by atoms with Crippen molar-refractivity contribution in [3.05, 3.63) is 48.0 Å². The number of nitrogens with one attached hydrogen (secondary N) is 1. The second-order valence-electron chi connectivity index (χ2n) is 3.78. The largest absolute Gasteiger partial charge is 0.464 e. The second kappa shape index (κ2) is 5.34. The van der Waals surface area contributed by atoms with Crippen LogP contribution in [-0.4, -0.2) is 18.1 Å². The number of nitrogens with zero attached hydrogens (tertiary/aromatic N) is 1. The fourth-order valence-corrected chi connectivity index (χ4v) is 1.49. The first-order valence-electron chi connectivity index (χ1n) is 5.46. The number of halogens is 1. The number of nitrogens with two attached hydrogens (primary N) is 1. The van der Waals surface area contributed by atoms with Crippen molar-refractivity contribution >= 4 is 23.0 Å². The predicted molar refractivity (Wildman–Crippen MR) is 69.7 cm³/mol. The Morgan fingerprint density at radius 1 is 1.37 bits per heavy atom. The van der Waals surface area contributed by atoms with Crippen LogP contribution in [-0.2, 0) is 4.74 Å². The van der Waals surface area contributed by atoms with Crippen LogP contribution in [0.15, 0.2) is 36.5 Å². The smallest absolute Gasteiger partial charge is 0.356 e. The van der Waals surface area contributed by atoms with Gasteiger partial charge in [-0.3, -0.25) is 0 Å². The van der Waals surface area contributed by atoms with E-state index in [1.165, 1.54) is 37.6 Å². The van der Waals surface area contributed by atoms with E-state index in [0.29, 0.717) is 17.1 Å². The monoisotopic (exact) mass is 261 g/mol. The maximum atomic E-state index is 13.1. The molecule has 0 radical (unpaired) electrons. The summed E-state index contributed by atoms with van der Waals surface area (Å²) in [5.41, 5.74) is 7.35. The summed E-state index contributed by atoms with van der Waals surface area (Å²) in [5.74, 6) is -0.910. The summed E-state index contributed by atoms with van der Waals surface area (Å²) in [5, 5.41) is 2.92. The molecule has 0 atom stereocenters. The van der Waals surface area contributed by atoms with Crippen molar-refractivity contribution in [2.45, 2.75) is 0 Å². The molecule has 1 aromatic heterocycles. The Hall–Kier alpha value is -2.63. The van der Waals surface area contributed by atoms with Gasteiger partial charge in [0, 0.05) is 0 Å². The molecule has 0 bridgehead atoms. The van der Waals surface area contributed by atoms with Gasteiger partial charge in [-0.1, -0.05) is 0 Å². The fraction of sp³-hybridized carbons (Fsp3) is 0.0769. The zero-order valence-electron chi connectivity index (χ0n) is 10.2. The summed E-state index contributed by atoms with van der Waals surface area (Å²) in [4.78, 5) is 15.1. The highest BCUT2D eigenvalue weighted by Crippen LogP contribution is 2.23. The molecule has 2 rings (SSSR count). The predicted octanol–water partition coefficient (Wildman–Crippen LogP) is 2.33. The molecule has 5 nitrogen and oxygen atoms in total. The zero-order valence-corrected chi connectivity index (χ0v) is 10.2. The summed E-state index contributed by atoms with van der Waals surface area (Å²) in [6.45, 7) is 0. The average molecular weight is 261 g/mol. The van der Waals surface area contributed by atoms with Gasteiger partial charge in [0.15, 0.2) is 0 Å². The van der Waals surface area contributed by atoms with Gasteiger partial charge in [0.05, 0.1) is 30.4 Å². The number of pyridine rings is 1. The number of esters is 1. The number of benzene rings is 1. The number of hydrogen-bond acceptors (Lipinski definition) is 5. The van der Waals surface area contributed by atoms with Crippen molar-refractivity contribution in [3.8, 4) is 0 Å². The first kappa shape index (κ1) is 12.8. The Bertz CT molecular complexity index is 599. The minimum absolute atomic E-state index is 0.195. The number of carbonyl (C=O) groups excluding carboxylic acids is 1. The summed E-state index contributed by atoms with van der Waals surface area (Å²) >= 11 is 0. The molecule has 1 aromatic carbocycles. The lowest BCUT2D eigenvalue weighted by atomic mass is 10.2. The molecule has 98 valence electrons. The molecule has 0 fully saturated rings. The highest BCUT2D eigenvalue weighted by atomic mass is 19.1. The van der Waals surface area contributed by atoms with E-state index in [2.05, 4.69) is 15.0 Å². The van der Waals surface area contributed by atoms with Crippen molar-refractivity contribution in [1.29, 1.82) is 0 Å². The van der Waals surface area contributed by atoms with Crippen LogP contribution in [0.5, 0.6) is 0 Å². The molecule has 19 heavy (non-hydrogen) atoms. The van der Waals surface area contributed by atoms with Crippen LogP contribution in [0, 0.1) is 5.82 Å². The Balaban J connectivity index is 2.19. The van der Waals surface area contributed by atoms with Gasteiger partial charge in [-0.25, -0.2) is 14.2 Å². The molecular formula is C13H12FN3O2. The van der Waals surface area contributed by atoms with E-state index >= 15 is 0 Å². The van der Waals surface area contributed by atoms with E-state index < -0.39 is 11.8 Å². The van der Waals surface area contributed by atoms with Gasteiger partial charge in [0.1, 0.15) is 11.5 Å². The Morgan fingerprint density at radius 2 is 2.16 bits per heavy atom. The number of ether oxygens (including phenoxy) is 1. The molecule has 6 heteroatoms. The fourth-order valence-electron chi connectivity index (χ4n) is 1.49. The van der Waals surface area contributed by atoms with E-state index in [0.717, 1.165) is 0 Å². The lowest BCUT2D eigenvalue weighted by molar-refractivity contribution is 0.0594. The van der Waals surface area contributed by atoms with E-state index in [1.54, 1.807) is 6.07 Å². The molecule has 0 spiro atoms. The summed E-state index contributed by atoms with van der Waals surface area (Å²) < 4.78 is 17.6. The maximum Gasteiger partial charge on any atom is 0.356 e. The number of anilines is 3. The van der Waals surface area contributed by atoms with E-state index in [1.807, 2.05) is 0 Å². The molecule has 1 heterocycles. The van der Waals surface area contributed by atoms with Gasteiger partial charge in [-0.15, -0.1) is 0 Å². The van der Waals surface area contributed by atoms with Crippen molar-refractivity contribution in [3.63, 3.8) is 0 Å². The maximum absolute atomic E-state index is 13.1. The van der Waals surface area contributed by atoms with Crippen LogP contribution < -0.4 is 11.1 Å². The Labute approximate surface area is 109 Å². The van der Waals surface area contributed by atoms with Crippen LogP contribution in [0.25, 0.3) is 0 Å². The zero-order chi connectivity index (χ0) is 13.8. The van der Waals surface area contributed by atoms with Gasteiger partial charge < -0.3 is 15.8 Å². The van der Waals surface area contributed by atoms with Gasteiger partial charge in [-0.05, 0) is 30.3 Å². The number of rotatable bonds is 3. The van der Waals surface area contributed by atoms with Crippen LogP contribution in [0.4, 0.5) is 21.5 Å². The molecule has 0 aliphatic carbocycles. The molecular weight excluding hydrogens is 249 g/mol. The Morgan fingerprint density at radius 3 is 2.79 bits per heavy atom. The van der Waals surface area contributed by atoms with Gasteiger partial charge in [0.25, 0.3) is 0 Å². The number of hydrogen-bond donors (Lipinski definition) is 2. The van der Waals surface area contributed by atoms with E-state index in [4.69, 9.17) is 5.73 Å². The number of aromatic nitrogens is 1. The number of nitrogen functional groups attached to an aromatic ring is 1. The molecule has 0 saturated carbocycles. The van der Waals surface area contributed by atoms with Crippen LogP contribution in [0.2, 0.25) is 0 Å². The first-order chi connectivity index (χ1) is 9.10. The highest BCUT2D eigenvalue weighted by molar-refractivity contribution is 5.87. The molecule has 0 amide bonds. The topological polar surface area (TPSA) is 77.2 Å². The van der Waals surface area contributed by atoms with Crippen LogP contribution in [0.1, 0.15) is 10.5 Å². The molecule has 0 aliphatic heterocycles. The van der Waals surface area contributed by atoms with Gasteiger partial charge in [-0.2, -0.15) is 0 Å². The average Bonchev–Trinajstić information content (AvgIpc) is 2.43. The molecule has 2 aromatic rings. The molecule has 0 aliphatic rings. The third-order valence-electron chi connectivity index (χ3n) is 2.45. The van der Waals surface area contributed by atoms with E-state index in [-0.39, 0.29) is 5.69 Å². The standard InChI is InChI=1S/C13H12FN3O2/c1-19-13(18)11-5-3-9(7-16-11)17-12-6-8(14)2-4-10(12)15/h2-7,17H,15H2,1H3. The summed E-state index contributed by atoms with van der Waals surface area (Å²) in [6, 6.07) is 7.16. The summed E-state index contributed by atoms with van der Waals surface area (Å²) in [6.07, 6.45) is 1.44. The third kappa shape index (κ3) is 2.98. The van der Waals surface area contributed by atoms with Crippen molar-refractivity contribution < 1.29 is 13.9 Å².